The Morgan fingerprint density at radius 2 is 0.607 bits per heavy atom. The van der Waals surface area contributed by atoms with Crippen LogP contribution in [0.3, 0.4) is 0 Å². The van der Waals surface area contributed by atoms with Gasteiger partial charge in [-0.25, -0.2) is 0 Å². The molecule has 0 bridgehead atoms. The lowest BCUT2D eigenvalue weighted by atomic mass is 10.0. The van der Waals surface area contributed by atoms with Crippen molar-refractivity contribution in [3.63, 3.8) is 0 Å². The van der Waals surface area contributed by atoms with Gasteiger partial charge in [-0.3, -0.25) is 14.4 Å². The van der Waals surface area contributed by atoms with Gasteiger partial charge in [-0.05, 0) is 57.8 Å². The van der Waals surface area contributed by atoms with E-state index >= 15 is 0 Å². The molecule has 0 aliphatic heterocycles. The minimum Gasteiger partial charge on any atom is -0.462 e. The van der Waals surface area contributed by atoms with E-state index in [2.05, 4.69) is 69.4 Å². The summed E-state index contributed by atoms with van der Waals surface area (Å²) < 4.78 is 16.7. The maximum Gasteiger partial charge on any atom is 0.306 e. The Labute approximate surface area is 378 Å². The maximum atomic E-state index is 12.8. The van der Waals surface area contributed by atoms with Crippen LogP contribution in [0.4, 0.5) is 0 Å². The summed E-state index contributed by atoms with van der Waals surface area (Å²) in [7, 11) is 0. The largest absolute Gasteiger partial charge is 0.462 e. The van der Waals surface area contributed by atoms with E-state index in [4.69, 9.17) is 14.2 Å². The van der Waals surface area contributed by atoms with Crippen LogP contribution in [0.15, 0.2) is 48.6 Å². The molecule has 0 saturated heterocycles. The third-order valence-electron chi connectivity index (χ3n) is 11.3. The fourth-order valence-corrected chi connectivity index (χ4v) is 7.38. The Balaban J connectivity index is 4.42. The summed E-state index contributed by atoms with van der Waals surface area (Å²) in [6.45, 7) is 6.57. The topological polar surface area (TPSA) is 78.9 Å². The SMILES string of the molecule is CCCCC/C=C\C/C=C\C/C=C\C/C=C\CCCC(=O)OCC(COC(=O)CCCCCCCCCCCCC)OC(=O)CCCCCCCCCCCCCCCCC. The van der Waals surface area contributed by atoms with Gasteiger partial charge in [-0.2, -0.15) is 0 Å². The van der Waals surface area contributed by atoms with Gasteiger partial charge in [0.25, 0.3) is 0 Å². The summed E-state index contributed by atoms with van der Waals surface area (Å²) in [6.07, 6.45) is 59.5. The first-order valence-corrected chi connectivity index (χ1v) is 26.1. The molecular formula is C55H98O6. The zero-order valence-corrected chi connectivity index (χ0v) is 40.4. The maximum absolute atomic E-state index is 12.8. The summed E-state index contributed by atoms with van der Waals surface area (Å²) in [6, 6.07) is 0. The predicted molar refractivity (Wildman–Crippen MR) is 261 cm³/mol. The molecule has 0 aromatic carbocycles. The van der Waals surface area contributed by atoms with Crippen molar-refractivity contribution in [3.05, 3.63) is 48.6 Å². The standard InChI is InChI=1S/C55H98O6/c1-4-7-10-13-16-19-22-24-26-27-29-30-33-36-39-42-45-48-54(57)60-51-52(50-59-53(56)47-44-41-38-35-32-21-18-15-12-9-6-3)61-55(58)49-46-43-40-37-34-31-28-25-23-20-17-14-11-8-5-2/h16,19,24,26,29-30,36,39,52H,4-15,17-18,20-23,25,27-28,31-35,37-38,40-51H2,1-3H3/b19-16-,26-24-,30-29-,39-36-. The quantitative estimate of drug-likeness (QED) is 0.0263. The third-order valence-corrected chi connectivity index (χ3v) is 11.3. The Morgan fingerprint density at radius 1 is 0.328 bits per heavy atom. The van der Waals surface area contributed by atoms with Crippen LogP contribution in [0.1, 0.15) is 265 Å². The molecule has 0 aliphatic carbocycles. The van der Waals surface area contributed by atoms with E-state index < -0.39 is 6.10 Å². The number of esters is 3. The van der Waals surface area contributed by atoms with Gasteiger partial charge in [0.2, 0.25) is 0 Å². The summed E-state index contributed by atoms with van der Waals surface area (Å²) in [5.41, 5.74) is 0. The lowest BCUT2D eigenvalue weighted by Gasteiger charge is -2.18. The molecule has 0 saturated carbocycles. The van der Waals surface area contributed by atoms with E-state index in [0.29, 0.717) is 19.3 Å². The number of allylic oxidation sites excluding steroid dienone is 8. The van der Waals surface area contributed by atoms with E-state index in [1.165, 1.54) is 154 Å². The van der Waals surface area contributed by atoms with Crippen LogP contribution in [-0.4, -0.2) is 37.2 Å². The summed E-state index contributed by atoms with van der Waals surface area (Å²) >= 11 is 0. The molecule has 0 radical (unpaired) electrons. The van der Waals surface area contributed by atoms with Crippen molar-refractivity contribution in [2.45, 2.75) is 271 Å². The number of hydrogen-bond acceptors (Lipinski definition) is 6. The highest BCUT2D eigenvalue weighted by Gasteiger charge is 2.19. The van der Waals surface area contributed by atoms with E-state index in [0.717, 1.165) is 64.2 Å². The van der Waals surface area contributed by atoms with Gasteiger partial charge in [0.15, 0.2) is 6.10 Å². The monoisotopic (exact) mass is 855 g/mol. The lowest BCUT2D eigenvalue weighted by Crippen LogP contribution is -2.30. The van der Waals surface area contributed by atoms with Crippen LogP contribution >= 0.6 is 0 Å². The molecule has 0 aromatic heterocycles. The van der Waals surface area contributed by atoms with Gasteiger partial charge in [0.1, 0.15) is 13.2 Å². The smallest absolute Gasteiger partial charge is 0.306 e. The fourth-order valence-electron chi connectivity index (χ4n) is 7.38. The Hall–Kier alpha value is -2.63. The van der Waals surface area contributed by atoms with Crippen molar-refractivity contribution in [2.75, 3.05) is 13.2 Å². The Morgan fingerprint density at radius 3 is 0.984 bits per heavy atom. The normalized spacial score (nSPS) is 12.4. The summed E-state index contributed by atoms with van der Waals surface area (Å²) in [4.78, 5) is 37.9. The molecule has 0 heterocycles. The first-order valence-electron chi connectivity index (χ1n) is 26.1. The van der Waals surface area contributed by atoms with E-state index in [1.54, 1.807) is 0 Å². The van der Waals surface area contributed by atoms with Crippen molar-refractivity contribution < 1.29 is 28.6 Å². The molecule has 0 spiro atoms. The van der Waals surface area contributed by atoms with Crippen LogP contribution in [0, 0.1) is 0 Å². The van der Waals surface area contributed by atoms with E-state index in [1.807, 2.05) is 0 Å². The van der Waals surface area contributed by atoms with Crippen molar-refractivity contribution in [1.82, 2.24) is 0 Å². The zero-order chi connectivity index (χ0) is 44.4. The Kier molecular flexibility index (Phi) is 47.9. The van der Waals surface area contributed by atoms with Gasteiger partial charge in [0.05, 0.1) is 0 Å². The highest BCUT2D eigenvalue weighted by atomic mass is 16.6. The van der Waals surface area contributed by atoms with E-state index in [-0.39, 0.29) is 37.5 Å². The lowest BCUT2D eigenvalue weighted by molar-refractivity contribution is -0.167. The molecule has 0 amide bonds. The summed E-state index contributed by atoms with van der Waals surface area (Å²) in [5.74, 6) is -0.936. The molecule has 61 heavy (non-hydrogen) atoms. The fraction of sp³-hybridized carbons (Fsp3) is 0.800. The second-order valence-corrected chi connectivity index (χ2v) is 17.4. The predicted octanol–water partition coefficient (Wildman–Crippen LogP) is 17.1. The first kappa shape index (κ1) is 58.4. The molecule has 0 N–H and O–H groups in total. The van der Waals surface area contributed by atoms with Crippen LogP contribution in [0.5, 0.6) is 0 Å². The molecule has 0 rings (SSSR count). The van der Waals surface area contributed by atoms with Crippen molar-refractivity contribution >= 4 is 17.9 Å². The van der Waals surface area contributed by atoms with Crippen LogP contribution in [-0.2, 0) is 28.6 Å². The van der Waals surface area contributed by atoms with Crippen LogP contribution < -0.4 is 0 Å². The molecule has 0 aliphatic rings. The highest BCUT2D eigenvalue weighted by Crippen LogP contribution is 2.16. The number of hydrogen-bond donors (Lipinski definition) is 0. The minimum absolute atomic E-state index is 0.0863. The minimum atomic E-state index is -0.789. The van der Waals surface area contributed by atoms with Crippen LogP contribution in [0.2, 0.25) is 0 Å². The molecule has 6 heteroatoms. The van der Waals surface area contributed by atoms with Crippen LogP contribution in [0.25, 0.3) is 0 Å². The molecule has 354 valence electrons. The molecule has 1 unspecified atom stereocenters. The van der Waals surface area contributed by atoms with Gasteiger partial charge in [0, 0.05) is 19.3 Å². The summed E-state index contributed by atoms with van der Waals surface area (Å²) in [5, 5.41) is 0. The number of ether oxygens (including phenoxy) is 3. The highest BCUT2D eigenvalue weighted by molar-refractivity contribution is 5.71. The number of carbonyl (C=O) groups is 3. The van der Waals surface area contributed by atoms with E-state index in [9.17, 15) is 14.4 Å². The second kappa shape index (κ2) is 50.0. The number of carbonyl (C=O) groups excluding carboxylic acids is 3. The zero-order valence-electron chi connectivity index (χ0n) is 40.4. The van der Waals surface area contributed by atoms with Gasteiger partial charge in [-0.1, -0.05) is 236 Å². The molecular weight excluding hydrogens is 757 g/mol. The van der Waals surface area contributed by atoms with Gasteiger partial charge in [-0.15, -0.1) is 0 Å². The molecule has 0 aromatic rings. The third kappa shape index (κ3) is 48.3. The molecule has 1 atom stereocenters. The Bertz CT molecular complexity index is 1070. The average Bonchev–Trinajstić information content (AvgIpc) is 3.26. The second-order valence-electron chi connectivity index (χ2n) is 17.4. The molecule has 0 fully saturated rings. The van der Waals surface area contributed by atoms with Crippen molar-refractivity contribution in [3.8, 4) is 0 Å². The van der Waals surface area contributed by atoms with Gasteiger partial charge >= 0.3 is 17.9 Å². The molecule has 6 nitrogen and oxygen atoms in total. The van der Waals surface area contributed by atoms with Gasteiger partial charge < -0.3 is 14.2 Å². The van der Waals surface area contributed by atoms with Crippen molar-refractivity contribution in [1.29, 1.82) is 0 Å². The number of rotatable bonds is 47. The first-order chi connectivity index (χ1) is 30.0. The van der Waals surface area contributed by atoms with Crippen molar-refractivity contribution in [2.24, 2.45) is 0 Å². The number of unbranched alkanes of at least 4 members (excludes halogenated alkanes) is 28. The average molecular weight is 855 g/mol.